The molecule has 21 heavy (non-hydrogen) atoms. The second-order valence-electron chi connectivity index (χ2n) is 4.96. The average Bonchev–Trinajstić information content (AvgIpc) is 2.91. The van der Waals surface area contributed by atoms with Crippen molar-refractivity contribution in [1.29, 1.82) is 0 Å². The molecule has 2 heterocycles. The van der Waals surface area contributed by atoms with Crippen LogP contribution < -0.4 is 11.1 Å². The SMILES string of the molecule is Cc1nc(C(N)=O)c(-c2ccc(C3CNCCO3)cc2)s1. The first-order valence-electron chi connectivity index (χ1n) is 6.85. The van der Waals surface area contributed by atoms with E-state index in [4.69, 9.17) is 10.5 Å². The van der Waals surface area contributed by atoms with Crippen LogP contribution in [0.2, 0.25) is 0 Å². The van der Waals surface area contributed by atoms with Crippen molar-refractivity contribution < 1.29 is 9.53 Å². The van der Waals surface area contributed by atoms with E-state index in [1.54, 1.807) is 0 Å². The first-order valence-corrected chi connectivity index (χ1v) is 7.66. The number of nitrogens with one attached hydrogen (secondary N) is 1. The zero-order valence-corrected chi connectivity index (χ0v) is 12.6. The molecule has 1 saturated heterocycles. The number of nitrogens with zero attached hydrogens (tertiary/aromatic N) is 1. The molecule has 1 aromatic carbocycles. The minimum atomic E-state index is -0.488. The minimum absolute atomic E-state index is 0.0895. The number of carbonyl (C=O) groups is 1. The van der Waals surface area contributed by atoms with Crippen molar-refractivity contribution in [3.05, 3.63) is 40.5 Å². The number of hydrogen-bond donors (Lipinski definition) is 2. The highest BCUT2D eigenvalue weighted by molar-refractivity contribution is 7.15. The van der Waals surface area contributed by atoms with Crippen LogP contribution >= 0.6 is 11.3 Å². The number of thiazole rings is 1. The number of rotatable bonds is 3. The maximum Gasteiger partial charge on any atom is 0.268 e. The predicted octanol–water partition coefficient (Wildman–Crippen LogP) is 1.88. The molecule has 1 unspecified atom stereocenters. The number of hydrogen-bond acceptors (Lipinski definition) is 5. The highest BCUT2D eigenvalue weighted by Gasteiger charge is 2.18. The molecule has 1 aliphatic rings. The van der Waals surface area contributed by atoms with Gasteiger partial charge in [-0.25, -0.2) is 4.98 Å². The Morgan fingerprint density at radius 2 is 2.19 bits per heavy atom. The zero-order valence-electron chi connectivity index (χ0n) is 11.8. The number of ether oxygens (including phenoxy) is 1. The van der Waals surface area contributed by atoms with E-state index in [9.17, 15) is 4.79 Å². The fourth-order valence-corrected chi connectivity index (χ4v) is 3.35. The van der Waals surface area contributed by atoms with Crippen LogP contribution in [0.15, 0.2) is 24.3 Å². The standard InChI is InChI=1S/C15H17N3O2S/c1-9-18-13(15(16)19)14(21-9)11-4-2-10(3-5-11)12-8-17-6-7-20-12/h2-5,12,17H,6-8H2,1H3,(H2,16,19). The Morgan fingerprint density at radius 3 is 2.81 bits per heavy atom. The molecule has 1 atom stereocenters. The third-order valence-corrected chi connectivity index (χ3v) is 4.46. The number of amides is 1. The lowest BCUT2D eigenvalue weighted by Crippen LogP contribution is -2.33. The summed E-state index contributed by atoms with van der Waals surface area (Å²) in [7, 11) is 0. The molecule has 0 radical (unpaired) electrons. The number of nitrogens with two attached hydrogens (primary N) is 1. The molecular formula is C15H17N3O2S. The molecule has 6 heteroatoms. The number of aromatic nitrogens is 1. The van der Waals surface area contributed by atoms with Gasteiger partial charge in [-0.1, -0.05) is 24.3 Å². The van der Waals surface area contributed by atoms with E-state index in [0.29, 0.717) is 5.69 Å². The topological polar surface area (TPSA) is 77.2 Å². The van der Waals surface area contributed by atoms with Gasteiger partial charge < -0.3 is 15.8 Å². The van der Waals surface area contributed by atoms with E-state index in [2.05, 4.69) is 10.3 Å². The molecule has 0 aliphatic carbocycles. The summed E-state index contributed by atoms with van der Waals surface area (Å²) in [6.07, 6.45) is 0.0895. The Morgan fingerprint density at radius 1 is 1.43 bits per heavy atom. The van der Waals surface area contributed by atoms with Gasteiger partial charge in [0.2, 0.25) is 0 Å². The first kappa shape index (κ1) is 14.2. The van der Waals surface area contributed by atoms with Gasteiger partial charge in [-0.05, 0) is 18.1 Å². The quantitative estimate of drug-likeness (QED) is 0.907. The summed E-state index contributed by atoms with van der Waals surface area (Å²) in [5, 5.41) is 4.15. The van der Waals surface area contributed by atoms with E-state index in [-0.39, 0.29) is 6.10 Å². The van der Waals surface area contributed by atoms with Gasteiger partial charge in [0.25, 0.3) is 5.91 Å². The highest BCUT2D eigenvalue weighted by atomic mass is 32.1. The maximum absolute atomic E-state index is 11.5. The zero-order chi connectivity index (χ0) is 14.8. The van der Waals surface area contributed by atoms with Crippen molar-refractivity contribution in [3.8, 4) is 10.4 Å². The molecule has 2 aromatic rings. The summed E-state index contributed by atoms with van der Waals surface area (Å²) < 4.78 is 5.73. The van der Waals surface area contributed by atoms with Crippen molar-refractivity contribution >= 4 is 17.2 Å². The normalized spacial score (nSPS) is 18.6. The summed E-state index contributed by atoms with van der Waals surface area (Å²) in [5.41, 5.74) is 7.83. The van der Waals surface area contributed by atoms with Crippen LogP contribution in [-0.4, -0.2) is 30.6 Å². The maximum atomic E-state index is 11.5. The summed E-state index contributed by atoms with van der Waals surface area (Å²) >= 11 is 1.48. The Hall–Kier alpha value is -1.76. The lowest BCUT2D eigenvalue weighted by Gasteiger charge is -2.24. The van der Waals surface area contributed by atoms with E-state index >= 15 is 0 Å². The van der Waals surface area contributed by atoms with Crippen LogP contribution in [0, 0.1) is 6.92 Å². The lowest BCUT2D eigenvalue weighted by atomic mass is 10.0. The van der Waals surface area contributed by atoms with Gasteiger partial charge in [0.15, 0.2) is 0 Å². The number of aryl methyl sites for hydroxylation is 1. The molecule has 1 amide bonds. The molecule has 3 N–H and O–H groups in total. The summed E-state index contributed by atoms with van der Waals surface area (Å²) in [5.74, 6) is -0.488. The van der Waals surface area contributed by atoms with E-state index < -0.39 is 5.91 Å². The molecule has 3 rings (SSSR count). The molecule has 5 nitrogen and oxygen atoms in total. The summed E-state index contributed by atoms with van der Waals surface area (Å²) in [6, 6.07) is 8.05. The van der Waals surface area contributed by atoms with E-state index in [0.717, 1.165) is 40.7 Å². The number of primary amides is 1. The van der Waals surface area contributed by atoms with Crippen molar-refractivity contribution in [3.63, 3.8) is 0 Å². The molecule has 0 bridgehead atoms. The molecule has 0 spiro atoms. The highest BCUT2D eigenvalue weighted by Crippen LogP contribution is 2.31. The first-order chi connectivity index (χ1) is 10.1. The van der Waals surface area contributed by atoms with Crippen LogP contribution in [0.4, 0.5) is 0 Å². The summed E-state index contributed by atoms with van der Waals surface area (Å²) in [6.45, 7) is 4.32. The Balaban J connectivity index is 1.88. The minimum Gasteiger partial charge on any atom is -0.371 e. The molecular weight excluding hydrogens is 286 g/mol. The van der Waals surface area contributed by atoms with Crippen LogP contribution in [0.3, 0.4) is 0 Å². The van der Waals surface area contributed by atoms with Gasteiger partial charge in [0, 0.05) is 13.1 Å². The van der Waals surface area contributed by atoms with Crippen LogP contribution in [0.1, 0.15) is 27.2 Å². The Kier molecular flexibility index (Phi) is 4.01. The number of morpholine rings is 1. The second kappa shape index (κ2) is 5.93. The van der Waals surface area contributed by atoms with Crippen molar-refractivity contribution in [2.75, 3.05) is 19.7 Å². The fourth-order valence-electron chi connectivity index (χ4n) is 2.42. The van der Waals surface area contributed by atoms with Gasteiger partial charge in [-0.15, -0.1) is 11.3 Å². The average molecular weight is 303 g/mol. The van der Waals surface area contributed by atoms with Crippen molar-refractivity contribution in [1.82, 2.24) is 10.3 Å². The van der Waals surface area contributed by atoms with Gasteiger partial charge in [-0.2, -0.15) is 0 Å². The second-order valence-corrected chi connectivity index (χ2v) is 6.16. The molecule has 1 aliphatic heterocycles. The fraction of sp³-hybridized carbons (Fsp3) is 0.333. The van der Waals surface area contributed by atoms with Gasteiger partial charge >= 0.3 is 0 Å². The third kappa shape index (κ3) is 2.97. The van der Waals surface area contributed by atoms with Gasteiger partial charge in [0.05, 0.1) is 22.6 Å². The smallest absolute Gasteiger partial charge is 0.268 e. The van der Waals surface area contributed by atoms with Crippen LogP contribution in [0.5, 0.6) is 0 Å². The van der Waals surface area contributed by atoms with Crippen LogP contribution in [0.25, 0.3) is 10.4 Å². The molecule has 1 aromatic heterocycles. The van der Waals surface area contributed by atoms with Crippen molar-refractivity contribution in [2.24, 2.45) is 5.73 Å². The Labute approximate surface area is 127 Å². The summed E-state index contributed by atoms with van der Waals surface area (Å²) in [4.78, 5) is 16.5. The van der Waals surface area contributed by atoms with Crippen molar-refractivity contribution in [2.45, 2.75) is 13.0 Å². The van der Waals surface area contributed by atoms with Gasteiger partial charge in [-0.3, -0.25) is 4.79 Å². The number of benzene rings is 1. The van der Waals surface area contributed by atoms with E-state index in [1.807, 2.05) is 31.2 Å². The third-order valence-electron chi connectivity index (χ3n) is 3.44. The molecule has 0 saturated carbocycles. The van der Waals surface area contributed by atoms with E-state index in [1.165, 1.54) is 11.3 Å². The largest absolute Gasteiger partial charge is 0.371 e. The lowest BCUT2D eigenvalue weighted by molar-refractivity contribution is 0.0277. The number of carbonyl (C=O) groups excluding carboxylic acids is 1. The van der Waals surface area contributed by atoms with Gasteiger partial charge in [0.1, 0.15) is 5.69 Å². The Bertz CT molecular complexity index is 645. The monoisotopic (exact) mass is 303 g/mol. The molecule has 1 fully saturated rings. The molecule has 110 valence electrons. The predicted molar refractivity (Wildman–Crippen MR) is 82.4 cm³/mol. The van der Waals surface area contributed by atoms with Crippen LogP contribution in [-0.2, 0) is 4.74 Å².